The lowest BCUT2D eigenvalue weighted by atomic mass is 10.2. The van der Waals surface area contributed by atoms with Crippen molar-refractivity contribution in [1.82, 2.24) is 20.8 Å². The van der Waals surface area contributed by atoms with Crippen molar-refractivity contribution in [1.29, 1.82) is 0 Å². The van der Waals surface area contributed by atoms with E-state index in [0.717, 1.165) is 11.3 Å². The predicted molar refractivity (Wildman–Crippen MR) is 93.9 cm³/mol. The predicted octanol–water partition coefficient (Wildman–Crippen LogP) is 1.50. The Hall–Kier alpha value is -3.26. The summed E-state index contributed by atoms with van der Waals surface area (Å²) in [5, 5.41) is 2.53. The normalized spacial score (nSPS) is 10.2. The fourth-order valence-corrected chi connectivity index (χ4v) is 2.87. The number of hydrogen-bond donors (Lipinski definition) is 3. The maximum absolute atomic E-state index is 11.9. The second-order valence-electron chi connectivity index (χ2n) is 5.11. The average molecular weight is 354 g/mol. The highest BCUT2D eigenvalue weighted by Crippen LogP contribution is 2.21. The summed E-state index contributed by atoms with van der Waals surface area (Å²) < 4.78 is 0. The molecule has 8 heteroatoms. The van der Waals surface area contributed by atoms with Crippen LogP contribution < -0.4 is 16.4 Å². The van der Waals surface area contributed by atoms with E-state index in [1.54, 1.807) is 0 Å². The molecule has 0 aliphatic rings. The van der Waals surface area contributed by atoms with Gasteiger partial charge in [0.2, 0.25) is 11.5 Å². The second kappa shape index (κ2) is 7.54. The van der Waals surface area contributed by atoms with Gasteiger partial charge in [-0.1, -0.05) is 30.3 Å². The largest absolute Gasteiger partial charge is 0.328 e. The van der Waals surface area contributed by atoms with E-state index in [9.17, 15) is 14.4 Å². The molecule has 0 bridgehead atoms. The van der Waals surface area contributed by atoms with Crippen LogP contribution in [0.5, 0.6) is 0 Å². The zero-order valence-corrected chi connectivity index (χ0v) is 13.8. The Balaban J connectivity index is 1.54. The summed E-state index contributed by atoms with van der Waals surface area (Å²) in [6.45, 7) is 0. The van der Waals surface area contributed by atoms with Crippen LogP contribution in [0.2, 0.25) is 0 Å². The molecule has 0 aliphatic heterocycles. The molecular formula is C17H14N4O3S. The summed E-state index contributed by atoms with van der Waals surface area (Å²) in [6, 6.07) is 12.3. The van der Waals surface area contributed by atoms with Crippen molar-refractivity contribution in [3.8, 4) is 11.3 Å². The summed E-state index contributed by atoms with van der Waals surface area (Å²) >= 11 is 1.38. The summed E-state index contributed by atoms with van der Waals surface area (Å²) in [4.78, 5) is 41.5. The highest BCUT2D eigenvalue weighted by atomic mass is 32.1. The van der Waals surface area contributed by atoms with E-state index >= 15 is 0 Å². The highest BCUT2D eigenvalue weighted by molar-refractivity contribution is 7.10. The van der Waals surface area contributed by atoms with Crippen LogP contribution >= 0.6 is 11.3 Å². The Bertz CT molecular complexity index is 929. The van der Waals surface area contributed by atoms with Gasteiger partial charge in [-0.15, -0.1) is 11.3 Å². The number of aromatic nitrogens is 2. The number of amides is 2. The van der Waals surface area contributed by atoms with Crippen LogP contribution in [0.3, 0.4) is 0 Å². The average Bonchev–Trinajstić information content (AvgIpc) is 3.09. The van der Waals surface area contributed by atoms with E-state index in [2.05, 4.69) is 20.8 Å². The minimum atomic E-state index is -0.520. The van der Waals surface area contributed by atoms with Crippen LogP contribution in [0.1, 0.15) is 15.4 Å². The van der Waals surface area contributed by atoms with E-state index in [1.807, 2.05) is 35.7 Å². The van der Waals surface area contributed by atoms with E-state index in [0.29, 0.717) is 5.01 Å². The molecule has 0 spiro atoms. The van der Waals surface area contributed by atoms with Gasteiger partial charge in [-0.05, 0) is 6.07 Å². The Morgan fingerprint density at radius 2 is 1.88 bits per heavy atom. The van der Waals surface area contributed by atoms with Crippen molar-refractivity contribution in [2.45, 2.75) is 6.42 Å². The monoisotopic (exact) mass is 354 g/mol. The quantitative estimate of drug-likeness (QED) is 0.618. The number of hydrazine groups is 1. The van der Waals surface area contributed by atoms with Gasteiger partial charge < -0.3 is 4.98 Å². The summed E-state index contributed by atoms with van der Waals surface area (Å²) in [6.07, 6.45) is 1.33. The Labute approximate surface area is 146 Å². The third-order valence-electron chi connectivity index (χ3n) is 3.29. The van der Waals surface area contributed by atoms with Crippen LogP contribution in [-0.2, 0) is 11.2 Å². The van der Waals surface area contributed by atoms with Crippen molar-refractivity contribution in [2.75, 3.05) is 0 Å². The fraction of sp³-hybridized carbons (Fsp3) is 0.0588. The summed E-state index contributed by atoms with van der Waals surface area (Å²) in [5.41, 5.74) is 6.35. The first kappa shape index (κ1) is 16.6. The minimum Gasteiger partial charge on any atom is -0.328 e. The van der Waals surface area contributed by atoms with E-state index in [-0.39, 0.29) is 23.5 Å². The van der Waals surface area contributed by atoms with E-state index in [1.165, 1.54) is 29.7 Å². The molecule has 0 atom stereocenters. The SMILES string of the molecule is O=C(Cc1nc(-c2ccccc2)cs1)NNC(=O)c1ccc(=O)[nH]c1. The number of H-pyrrole nitrogens is 1. The zero-order chi connectivity index (χ0) is 17.6. The van der Waals surface area contributed by atoms with Gasteiger partial charge in [0.25, 0.3) is 5.91 Å². The molecule has 3 aromatic rings. The number of benzene rings is 1. The van der Waals surface area contributed by atoms with Gasteiger partial charge in [0.05, 0.1) is 17.7 Å². The molecular weight excluding hydrogens is 340 g/mol. The van der Waals surface area contributed by atoms with Gasteiger partial charge in [0.15, 0.2) is 0 Å². The van der Waals surface area contributed by atoms with Crippen molar-refractivity contribution < 1.29 is 9.59 Å². The highest BCUT2D eigenvalue weighted by Gasteiger charge is 2.11. The second-order valence-corrected chi connectivity index (χ2v) is 6.06. The van der Waals surface area contributed by atoms with Gasteiger partial charge in [0, 0.05) is 23.2 Å². The first-order valence-corrected chi connectivity index (χ1v) is 8.27. The molecule has 25 heavy (non-hydrogen) atoms. The van der Waals surface area contributed by atoms with E-state index in [4.69, 9.17) is 0 Å². The van der Waals surface area contributed by atoms with Gasteiger partial charge in [-0.3, -0.25) is 25.2 Å². The number of rotatable bonds is 4. The van der Waals surface area contributed by atoms with Crippen molar-refractivity contribution >= 4 is 23.2 Å². The molecule has 0 unspecified atom stereocenters. The number of pyridine rings is 1. The lowest BCUT2D eigenvalue weighted by molar-refractivity contribution is -0.121. The summed E-state index contributed by atoms with van der Waals surface area (Å²) in [7, 11) is 0. The smallest absolute Gasteiger partial charge is 0.271 e. The third kappa shape index (κ3) is 4.39. The fourth-order valence-electron chi connectivity index (χ4n) is 2.07. The lowest BCUT2D eigenvalue weighted by Crippen LogP contribution is -2.42. The minimum absolute atomic E-state index is 0.0589. The molecule has 0 aliphatic carbocycles. The number of carbonyl (C=O) groups is 2. The van der Waals surface area contributed by atoms with Crippen LogP contribution in [0, 0.1) is 0 Å². The van der Waals surface area contributed by atoms with Crippen molar-refractivity contribution in [2.24, 2.45) is 0 Å². The molecule has 1 aromatic carbocycles. The molecule has 2 amide bonds. The van der Waals surface area contributed by atoms with E-state index < -0.39 is 5.91 Å². The number of aromatic amines is 1. The molecule has 2 aromatic heterocycles. The molecule has 7 nitrogen and oxygen atoms in total. The molecule has 3 rings (SSSR count). The Morgan fingerprint density at radius 3 is 2.60 bits per heavy atom. The maximum Gasteiger partial charge on any atom is 0.271 e. The van der Waals surface area contributed by atoms with Gasteiger partial charge in [-0.2, -0.15) is 0 Å². The number of nitrogens with one attached hydrogen (secondary N) is 3. The van der Waals surface area contributed by atoms with Crippen molar-refractivity contribution in [3.05, 3.63) is 75.0 Å². The standard InChI is InChI=1S/C17H14N4O3S/c22-14-7-6-12(9-18-14)17(24)21-20-15(23)8-16-19-13(10-25-16)11-4-2-1-3-5-11/h1-7,9-10H,8H2,(H,18,22)(H,20,23)(H,21,24). The maximum atomic E-state index is 11.9. The van der Waals surface area contributed by atoms with Crippen LogP contribution in [0.4, 0.5) is 0 Å². The summed E-state index contributed by atoms with van der Waals surface area (Å²) in [5.74, 6) is -0.902. The van der Waals surface area contributed by atoms with Gasteiger partial charge in [-0.25, -0.2) is 4.98 Å². The zero-order valence-electron chi connectivity index (χ0n) is 13.0. The number of nitrogens with zero attached hydrogens (tertiary/aromatic N) is 1. The number of thiazole rings is 1. The molecule has 0 saturated carbocycles. The Kier molecular flexibility index (Phi) is 5.00. The Morgan fingerprint density at radius 1 is 1.08 bits per heavy atom. The first-order chi connectivity index (χ1) is 12.1. The topological polar surface area (TPSA) is 104 Å². The van der Waals surface area contributed by atoms with Gasteiger partial charge >= 0.3 is 0 Å². The lowest BCUT2D eigenvalue weighted by Gasteiger charge is -2.06. The number of carbonyl (C=O) groups excluding carboxylic acids is 2. The molecule has 0 radical (unpaired) electrons. The third-order valence-corrected chi connectivity index (χ3v) is 4.14. The molecule has 3 N–H and O–H groups in total. The van der Waals surface area contributed by atoms with Crippen LogP contribution in [0.15, 0.2) is 58.8 Å². The van der Waals surface area contributed by atoms with Crippen LogP contribution in [-0.4, -0.2) is 21.8 Å². The molecule has 126 valence electrons. The first-order valence-electron chi connectivity index (χ1n) is 7.39. The molecule has 0 fully saturated rings. The number of hydrogen-bond acceptors (Lipinski definition) is 5. The van der Waals surface area contributed by atoms with Gasteiger partial charge in [0.1, 0.15) is 5.01 Å². The van der Waals surface area contributed by atoms with Crippen LogP contribution in [0.25, 0.3) is 11.3 Å². The molecule has 2 heterocycles. The molecule has 0 saturated heterocycles. The van der Waals surface area contributed by atoms with Crippen molar-refractivity contribution in [3.63, 3.8) is 0 Å².